The average Bonchev–Trinajstić information content (AvgIpc) is 1.36. The Hall–Kier alpha value is 0.309. The van der Waals surface area contributed by atoms with E-state index in [1.165, 1.54) is 0 Å². The largest absolute Gasteiger partial charge is 2.00 e. The van der Waals surface area contributed by atoms with Crippen LogP contribution in [0.3, 0.4) is 0 Å². The first kappa shape index (κ1) is 15.7. The molecule has 0 atom stereocenters. The van der Waals surface area contributed by atoms with Crippen LogP contribution in [-0.2, 0) is 27.5 Å². The van der Waals surface area contributed by atoms with Gasteiger partial charge in [0.05, 0.1) is 0 Å². The number of hydrogen-bond acceptors (Lipinski definition) is 6. The third-order valence-electron chi connectivity index (χ3n) is 0. The maximum absolute atomic E-state index is 8.52. The maximum Gasteiger partial charge on any atom is 2.00 e. The van der Waals surface area contributed by atoms with Gasteiger partial charge in [-0.15, -0.1) is 0 Å². The quantitative estimate of drug-likeness (QED) is 0.158. The van der Waals surface area contributed by atoms with E-state index in [9.17, 15) is 0 Å². The van der Waals surface area contributed by atoms with Crippen molar-refractivity contribution in [3.05, 3.63) is 0 Å². The molecular weight excluding hydrogens is 183 g/mol. The predicted octanol–water partition coefficient (Wildman–Crippen LogP) is -1.32. The Morgan fingerprint density at radius 1 is 1.12 bits per heavy atom. The van der Waals surface area contributed by atoms with E-state index in [4.69, 9.17) is 28.0 Å². The van der Waals surface area contributed by atoms with Crippen molar-refractivity contribution in [2.75, 3.05) is 0 Å². The van der Waals surface area contributed by atoms with Crippen LogP contribution in [0.15, 0.2) is 0 Å². The van der Waals surface area contributed by atoms with Gasteiger partial charge >= 0.3 is 17.1 Å². The summed E-state index contributed by atoms with van der Waals surface area (Å²) in [5.74, 6) is 0. The van der Waals surface area contributed by atoms with E-state index in [1.54, 1.807) is 0 Å². The first-order chi connectivity index (χ1) is 3.00. The predicted molar refractivity (Wildman–Crippen MR) is 15.7 cm³/mol. The van der Waals surface area contributed by atoms with E-state index in [1.807, 2.05) is 0 Å². The first-order valence-electron chi connectivity index (χ1n) is 0.867. The van der Waals surface area contributed by atoms with Crippen molar-refractivity contribution >= 4 is 10.4 Å². The van der Waals surface area contributed by atoms with E-state index in [0.717, 1.165) is 0 Å². The van der Waals surface area contributed by atoms with Gasteiger partial charge in [0.25, 0.3) is 0 Å². The Morgan fingerprint density at radius 3 is 1.12 bits per heavy atom. The molecule has 0 spiro atoms. The molecule has 0 aliphatic heterocycles. The van der Waals surface area contributed by atoms with Crippen molar-refractivity contribution in [1.29, 1.82) is 0 Å². The van der Waals surface area contributed by atoms with Crippen LogP contribution in [0.5, 0.6) is 0 Å². The molecule has 0 fully saturated rings. The second-order valence-corrected chi connectivity index (χ2v) is 1.22. The van der Waals surface area contributed by atoms with Gasteiger partial charge in [0.1, 0.15) is 0 Å². The van der Waals surface area contributed by atoms with Crippen LogP contribution in [0.25, 0.3) is 0 Å². The molecule has 1 radical (unpaired) electrons. The van der Waals surface area contributed by atoms with Gasteiger partial charge in [0.2, 0.25) is 0 Å². The van der Waals surface area contributed by atoms with Crippen LogP contribution in [0.1, 0.15) is 0 Å². The fraction of sp³-hybridized carbons (Fsp3) is 0. The fourth-order valence-corrected chi connectivity index (χ4v) is 0. The smallest absolute Gasteiger partial charge is 0.759 e. The Balaban J connectivity index is -0.0000000750. The molecule has 0 amide bonds. The second-order valence-electron chi connectivity index (χ2n) is 0.408. The minimum Gasteiger partial charge on any atom is -0.759 e. The van der Waals surface area contributed by atoms with Gasteiger partial charge in [-0.05, 0) is 0 Å². The standard InChI is InChI=1S/Mn.H2O4S.H2O2/c;1-5(2,3)4;1-2/h;(H2,1,2,3,4);1-2H/q+2;;/p-2. The third-order valence-corrected chi connectivity index (χ3v) is 0. The Labute approximate surface area is 56.1 Å². The molecule has 0 unspecified atom stereocenters. The van der Waals surface area contributed by atoms with E-state index >= 15 is 0 Å². The van der Waals surface area contributed by atoms with Crippen LogP contribution in [0.2, 0.25) is 0 Å². The zero-order valence-electron chi connectivity index (χ0n) is 3.31. The molecule has 0 saturated carbocycles. The van der Waals surface area contributed by atoms with Crippen molar-refractivity contribution in [2.45, 2.75) is 0 Å². The molecule has 0 aromatic carbocycles. The zero-order valence-corrected chi connectivity index (χ0v) is 5.31. The van der Waals surface area contributed by atoms with Crippen LogP contribution in [0, 0.1) is 0 Å². The molecule has 0 aromatic rings. The first-order valence-corrected chi connectivity index (χ1v) is 2.20. The molecule has 0 heterocycles. The number of hydrogen-bond donors (Lipinski definition) is 2. The Kier molecular flexibility index (Phi) is 14.4. The minimum atomic E-state index is -5.17. The molecule has 8 heteroatoms. The molecule has 8 heavy (non-hydrogen) atoms. The minimum absolute atomic E-state index is 0. The summed E-state index contributed by atoms with van der Waals surface area (Å²) >= 11 is 0. The summed E-state index contributed by atoms with van der Waals surface area (Å²) in [4.78, 5) is 0. The molecule has 6 nitrogen and oxygen atoms in total. The van der Waals surface area contributed by atoms with Crippen LogP contribution >= 0.6 is 0 Å². The molecule has 0 rings (SSSR count). The van der Waals surface area contributed by atoms with E-state index < -0.39 is 10.4 Å². The monoisotopic (exact) mass is 185 g/mol. The van der Waals surface area contributed by atoms with Crippen LogP contribution < -0.4 is 0 Å². The molecule has 0 aromatic heterocycles. The van der Waals surface area contributed by atoms with Crippen molar-refractivity contribution in [2.24, 2.45) is 0 Å². The molecular formula is H2MnO6S. The van der Waals surface area contributed by atoms with Gasteiger partial charge in [0, 0.05) is 10.4 Å². The van der Waals surface area contributed by atoms with Gasteiger partial charge in [-0.3, -0.25) is 18.9 Å². The van der Waals surface area contributed by atoms with Gasteiger partial charge in [-0.2, -0.15) is 0 Å². The summed E-state index contributed by atoms with van der Waals surface area (Å²) in [6, 6.07) is 0. The molecule has 51 valence electrons. The summed E-state index contributed by atoms with van der Waals surface area (Å²) in [7, 11) is -5.17. The summed E-state index contributed by atoms with van der Waals surface area (Å²) in [5.41, 5.74) is 0. The third kappa shape index (κ3) is 1860. The molecule has 2 N–H and O–H groups in total. The van der Waals surface area contributed by atoms with Gasteiger partial charge in [-0.25, -0.2) is 0 Å². The maximum atomic E-state index is 8.52. The van der Waals surface area contributed by atoms with Crippen molar-refractivity contribution in [3.8, 4) is 0 Å². The molecule has 0 saturated heterocycles. The summed E-state index contributed by atoms with van der Waals surface area (Å²) in [6.45, 7) is 0. The summed E-state index contributed by atoms with van der Waals surface area (Å²) in [6.07, 6.45) is 0. The average molecular weight is 185 g/mol. The van der Waals surface area contributed by atoms with Crippen LogP contribution in [0.4, 0.5) is 0 Å². The molecule has 0 aliphatic rings. The SMILES string of the molecule is O=S(=O)([O-])[O-].OO.[Mn+2]. The van der Waals surface area contributed by atoms with Gasteiger partial charge in [-0.1, -0.05) is 0 Å². The zero-order chi connectivity index (χ0) is 6.50. The van der Waals surface area contributed by atoms with Crippen molar-refractivity contribution < 1.29 is 45.1 Å². The van der Waals surface area contributed by atoms with E-state index in [-0.39, 0.29) is 17.1 Å². The van der Waals surface area contributed by atoms with Gasteiger partial charge < -0.3 is 9.11 Å². The number of rotatable bonds is 0. The normalized spacial score (nSPS) is 8.00. The summed E-state index contributed by atoms with van der Waals surface area (Å²) < 4.78 is 34.1. The Morgan fingerprint density at radius 2 is 1.12 bits per heavy atom. The van der Waals surface area contributed by atoms with E-state index in [2.05, 4.69) is 0 Å². The Bertz CT molecular complexity index is 91.7. The van der Waals surface area contributed by atoms with Crippen molar-refractivity contribution in [3.63, 3.8) is 0 Å². The fourth-order valence-electron chi connectivity index (χ4n) is 0. The molecule has 0 aliphatic carbocycles. The molecule has 0 bridgehead atoms. The summed E-state index contributed by atoms with van der Waals surface area (Å²) in [5, 5.41) is 12.0. The van der Waals surface area contributed by atoms with Crippen molar-refractivity contribution in [1.82, 2.24) is 0 Å². The van der Waals surface area contributed by atoms with Gasteiger partial charge in [0.15, 0.2) is 0 Å². The van der Waals surface area contributed by atoms with Crippen LogP contribution in [-0.4, -0.2) is 28.0 Å². The topological polar surface area (TPSA) is 121 Å². The van der Waals surface area contributed by atoms with E-state index in [0.29, 0.717) is 0 Å². The second kappa shape index (κ2) is 7.31.